The maximum Gasteiger partial charge on any atom is 0.274 e. The normalized spacial score (nSPS) is 21.3. The summed E-state index contributed by atoms with van der Waals surface area (Å²) in [5, 5.41) is 0. The van der Waals surface area contributed by atoms with E-state index in [4.69, 9.17) is 0 Å². The van der Waals surface area contributed by atoms with Crippen molar-refractivity contribution < 1.29 is 9.18 Å². The Balaban J connectivity index is 1.35. The molecule has 0 saturated carbocycles. The third kappa shape index (κ3) is 4.12. The van der Waals surface area contributed by atoms with Gasteiger partial charge < -0.3 is 9.88 Å². The van der Waals surface area contributed by atoms with Crippen LogP contribution in [0, 0.1) is 18.7 Å². The Morgan fingerprint density at radius 3 is 2.61 bits per heavy atom. The van der Waals surface area contributed by atoms with E-state index in [9.17, 15) is 9.18 Å². The molecule has 2 atom stereocenters. The molecule has 5 nitrogen and oxygen atoms in total. The van der Waals surface area contributed by atoms with Crippen LogP contribution in [0.5, 0.6) is 0 Å². The molecule has 6 rings (SSSR count). The third-order valence-corrected chi connectivity index (χ3v) is 6.50. The van der Waals surface area contributed by atoms with Gasteiger partial charge in [0.25, 0.3) is 5.91 Å². The van der Waals surface area contributed by atoms with Gasteiger partial charge in [-0.2, -0.15) is 0 Å². The summed E-state index contributed by atoms with van der Waals surface area (Å²) in [4.78, 5) is 25.8. The number of fused-ring (bicyclic) bond motifs is 4. The van der Waals surface area contributed by atoms with Crippen LogP contribution in [0.3, 0.4) is 0 Å². The van der Waals surface area contributed by atoms with Gasteiger partial charge in [0.05, 0.1) is 0 Å². The monoisotopic (exact) mass is 418 g/mol. The quantitative estimate of drug-likeness (QED) is 0.689. The SMILES string of the molecule is Cc1[nH]c(-c2ccc(F)cc2)nc1C(=O)N1C[C@@H]2CC[C@H]1CN(Cc1ccccc1)C2. The van der Waals surface area contributed by atoms with Gasteiger partial charge in [0, 0.05) is 43.5 Å². The minimum atomic E-state index is -0.288. The number of nitrogens with zero attached hydrogens (tertiary/aromatic N) is 3. The van der Waals surface area contributed by atoms with E-state index >= 15 is 0 Å². The first kappa shape index (κ1) is 19.9. The zero-order chi connectivity index (χ0) is 21.4. The molecule has 0 aliphatic carbocycles. The van der Waals surface area contributed by atoms with Crippen molar-refractivity contribution in [3.8, 4) is 11.4 Å². The van der Waals surface area contributed by atoms with Crippen LogP contribution in [0.1, 0.15) is 34.6 Å². The zero-order valence-corrected chi connectivity index (χ0v) is 17.7. The summed E-state index contributed by atoms with van der Waals surface area (Å²) in [6.45, 7) is 5.50. The standard InChI is InChI=1S/C25H27FN4O/c1-17-23(28-24(27-17)20-8-10-21(26)11-9-20)25(31)30-15-19-7-12-22(30)16-29(14-19)13-18-5-3-2-4-6-18/h2-6,8-11,19,22H,7,12-16H2,1H3,(H,27,28)/t19-,22+/m1/s1. The molecule has 3 fully saturated rings. The minimum Gasteiger partial charge on any atom is -0.341 e. The van der Waals surface area contributed by atoms with Gasteiger partial charge in [0.2, 0.25) is 0 Å². The van der Waals surface area contributed by atoms with Crippen molar-refractivity contribution in [1.82, 2.24) is 19.8 Å². The predicted molar refractivity (Wildman–Crippen MR) is 118 cm³/mol. The van der Waals surface area contributed by atoms with E-state index in [0.717, 1.165) is 43.9 Å². The van der Waals surface area contributed by atoms with Gasteiger partial charge in [-0.25, -0.2) is 9.37 Å². The Morgan fingerprint density at radius 2 is 1.84 bits per heavy atom. The lowest BCUT2D eigenvalue weighted by Gasteiger charge is -2.36. The largest absolute Gasteiger partial charge is 0.341 e. The average molecular weight is 419 g/mol. The Labute approximate surface area is 181 Å². The molecule has 3 aliphatic rings. The smallest absolute Gasteiger partial charge is 0.274 e. The lowest BCUT2D eigenvalue weighted by Crippen LogP contribution is -2.47. The fourth-order valence-corrected chi connectivity index (χ4v) is 4.95. The molecule has 0 radical (unpaired) electrons. The van der Waals surface area contributed by atoms with Crippen LogP contribution in [0.2, 0.25) is 0 Å². The van der Waals surface area contributed by atoms with Gasteiger partial charge in [-0.05, 0) is 55.5 Å². The molecule has 6 heteroatoms. The van der Waals surface area contributed by atoms with Gasteiger partial charge in [0.15, 0.2) is 0 Å². The first-order chi connectivity index (χ1) is 15.1. The van der Waals surface area contributed by atoms with Crippen LogP contribution in [0.15, 0.2) is 54.6 Å². The maximum atomic E-state index is 13.5. The number of amides is 1. The second kappa shape index (κ2) is 8.27. The van der Waals surface area contributed by atoms with Crippen molar-refractivity contribution in [3.05, 3.63) is 77.4 Å². The van der Waals surface area contributed by atoms with Crippen LogP contribution in [0.4, 0.5) is 4.39 Å². The van der Waals surface area contributed by atoms with Gasteiger partial charge in [-0.1, -0.05) is 30.3 Å². The molecule has 1 aromatic heterocycles. The van der Waals surface area contributed by atoms with Crippen molar-refractivity contribution in [1.29, 1.82) is 0 Å². The van der Waals surface area contributed by atoms with Gasteiger partial charge in [-0.15, -0.1) is 0 Å². The Hall–Kier alpha value is -2.99. The molecule has 160 valence electrons. The number of aryl methyl sites for hydroxylation is 1. The van der Waals surface area contributed by atoms with E-state index in [-0.39, 0.29) is 17.8 Å². The number of H-pyrrole nitrogens is 1. The fraction of sp³-hybridized carbons (Fsp3) is 0.360. The summed E-state index contributed by atoms with van der Waals surface area (Å²) in [6, 6.07) is 16.9. The molecular formula is C25H27FN4O. The highest BCUT2D eigenvalue weighted by atomic mass is 19.1. The Morgan fingerprint density at radius 1 is 1.06 bits per heavy atom. The summed E-state index contributed by atoms with van der Waals surface area (Å²) in [7, 11) is 0. The summed E-state index contributed by atoms with van der Waals surface area (Å²) in [5.74, 6) is 0.802. The average Bonchev–Trinajstić information content (AvgIpc) is 2.95. The zero-order valence-electron chi connectivity index (χ0n) is 17.7. The number of imidazole rings is 1. The first-order valence-electron chi connectivity index (χ1n) is 11.0. The molecule has 3 aliphatic heterocycles. The number of benzene rings is 2. The molecule has 0 unspecified atom stereocenters. The Kier molecular flexibility index (Phi) is 5.32. The van der Waals surface area contributed by atoms with E-state index in [1.165, 1.54) is 24.1 Å². The number of aromatic amines is 1. The number of aromatic nitrogens is 2. The molecule has 0 spiro atoms. The number of halogens is 1. The molecule has 2 aromatic carbocycles. The number of hydrogen-bond acceptors (Lipinski definition) is 3. The highest BCUT2D eigenvalue weighted by Gasteiger charge is 2.38. The number of nitrogens with one attached hydrogen (secondary N) is 1. The number of carbonyl (C=O) groups excluding carboxylic acids is 1. The highest BCUT2D eigenvalue weighted by Crippen LogP contribution is 2.30. The molecule has 3 aromatic rings. The Bertz CT molecular complexity index is 1060. The molecular weight excluding hydrogens is 391 g/mol. The van der Waals surface area contributed by atoms with Crippen molar-refractivity contribution in [3.63, 3.8) is 0 Å². The van der Waals surface area contributed by atoms with E-state index in [1.54, 1.807) is 12.1 Å². The van der Waals surface area contributed by atoms with Crippen molar-refractivity contribution in [2.75, 3.05) is 19.6 Å². The molecule has 1 amide bonds. The molecule has 1 N–H and O–H groups in total. The predicted octanol–water partition coefficient (Wildman–Crippen LogP) is 4.26. The minimum absolute atomic E-state index is 0.00151. The van der Waals surface area contributed by atoms with E-state index in [2.05, 4.69) is 39.1 Å². The van der Waals surface area contributed by atoms with E-state index in [0.29, 0.717) is 17.4 Å². The number of carbonyl (C=O) groups is 1. The van der Waals surface area contributed by atoms with Crippen LogP contribution >= 0.6 is 0 Å². The van der Waals surface area contributed by atoms with Crippen LogP contribution in [-0.4, -0.2) is 51.4 Å². The lowest BCUT2D eigenvalue weighted by atomic mass is 9.94. The van der Waals surface area contributed by atoms with E-state index in [1.807, 2.05) is 17.9 Å². The van der Waals surface area contributed by atoms with Crippen LogP contribution in [-0.2, 0) is 6.54 Å². The number of hydrogen-bond donors (Lipinski definition) is 1. The molecule has 4 heterocycles. The molecule has 3 saturated heterocycles. The van der Waals surface area contributed by atoms with E-state index < -0.39 is 0 Å². The van der Waals surface area contributed by atoms with Gasteiger partial charge >= 0.3 is 0 Å². The summed E-state index contributed by atoms with van der Waals surface area (Å²) in [6.07, 6.45) is 2.20. The second-order valence-corrected chi connectivity index (χ2v) is 8.80. The molecule has 31 heavy (non-hydrogen) atoms. The topological polar surface area (TPSA) is 52.2 Å². The third-order valence-electron chi connectivity index (χ3n) is 6.50. The second-order valence-electron chi connectivity index (χ2n) is 8.80. The number of rotatable bonds is 4. The van der Waals surface area contributed by atoms with Crippen LogP contribution < -0.4 is 0 Å². The summed E-state index contributed by atoms with van der Waals surface area (Å²) >= 11 is 0. The maximum absolute atomic E-state index is 13.5. The fourth-order valence-electron chi connectivity index (χ4n) is 4.95. The van der Waals surface area contributed by atoms with Gasteiger partial charge in [0.1, 0.15) is 17.3 Å². The van der Waals surface area contributed by atoms with Crippen molar-refractivity contribution in [2.24, 2.45) is 5.92 Å². The molecule has 2 bridgehead atoms. The highest BCUT2D eigenvalue weighted by molar-refractivity contribution is 5.94. The lowest BCUT2D eigenvalue weighted by molar-refractivity contribution is 0.0578. The summed E-state index contributed by atoms with van der Waals surface area (Å²) in [5.41, 5.74) is 3.32. The number of piperidine rings is 1. The first-order valence-corrected chi connectivity index (χ1v) is 11.0. The van der Waals surface area contributed by atoms with Crippen molar-refractivity contribution >= 4 is 5.91 Å². The van der Waals surface area contributed by atoms with Crippen molar-refractivity contribution in [2.45, 2.75) is 32.4 Å². The summed E-state index contributed by atoms with van der Waals surface area (Å²) < 4.78 is 13.3. The van der Waals surface area contributed by atoms with Crippen LogP contribution in [0.25, 0.3) is 11.4 Å². The van der Waals surface area contributed by atoms with Gasteiger partial charge in [-0.3, -0.25) is 9.69 Å².